The van der Waals surface area contributed by atoms with Gasteiger partial charge in [0.25, 0.3) is 5.95 Å². The van der Waals surface area contributed by atoms with Crippen LogP contribution >= 0.6 is 0 Å². The largest absolute Gasteiger partial charge is 0.454 e. The highest BCUT2D eigenvalue weighted by Gasteiger charge is 2.35. The molecule has 1 aliphatic rings. The molecule has 0 bridgehead atoms. The number of anilines is 2. The van der Waals surface area contributed by atoms with E-state index in [0.717, 1.165) is 88.2 Å². The molecule has 0 amide bonds. The van der Waals surface area contributed by atoms with Gasteiger partial charge in [-0.1, -0.05) is 121 Å². The summed E-state index contributed by atoms with van der Waals surface area (Å²) in [6.45, 7) is 0. The average molecular weight is 578 g/mol. The topological polar surface area (TPSA) is 51.4 Å². The van der Waals surface area contributed by atoms with E-state index in [1.807, 2.05) is 54.6 Å². The lowest BCUT2D eigenvalue weighted by molar-refractivity contribution is 0.315. The summed E-state index contributed by atoms with van der Waals surface area (Å²) in [6.07, 6.45) is 0. The van der Waals surface area contributed by atoms with E-state index in [1.165, 1.54) is 0 Å². The highest BCUT2D eigenvalue weighted by atomic mass is 16.7. The first-order chi connectivity index (χ1) is 22.3. The fourth-order valence-electron chi connectivity index (χ4n) is 6.93. The molecule has 210 valence electrons. The summed E-state index contributed by atoms with van der Waals surface area (Å²) in [5.74, 6) is 1.17. The second-order valence-electron chi connectivity index (χ2n) is 11.4. The Balaban J connectivity index is 1.38. The summed E-state index contributed by atoms with van der Waals surface area (Å²) >= 11 is 0. The maximum Gasteiger partial charge on any atom is 0.265 e. The number of para-hydroxylation sites is 2. The van der Waals surface area contributed by atoms with Gasteiger partial charge in [0, 0.05) is 32.8 Å². The van der Waals surface area contributed by atoms with Crippen LogP contribution in [0, 0.1) is 0 Å². The van der Waals surface area contributed by atoms with Crippen LogP contribution in [0.3, 0.4) is 0 Å². The van der Waals surface area contributed by atoms with Crippen molar-refractivity contribution in [2.75, 3.05) is 5.06 Å². The fourth-order valence-corrected chi connectivity index (χ4v) is 6.93. The molecule has 0 radical (unpaired) electrons. The van der Waals surface area contributed by atoms with E-state index in [0.29, 0.717) is 5.95 Å². The molecule has 2 aromatic heterocycles. The molecule has 9 aromatic rings. The monoisotopic (exact) mass is 577 g/mol. The summed E-state index contributed by atoms with van der Waals surface area (Å²) in [5.41, 5.74) is 7.09. The van der Waals surface area contributed by atoms with Gasteiger partial charge in [0.05, 0.1) is 11.2 Å². The number of aromatic nitrogens is 2. The van der Waals surface area contributed by atoms with E-state index >= 15 is 0 Å². The second kappa shape index (κ2) is 9.15. The summed E-state index contributed by atoms with van der Waals surface area (Å²) in [7, 11) is 0. The molecule has 0 saturated carbocycles. The summed E-state index contributed by atoms with van der Waals surface area (Å²) in [5, 5.41) is 9.34. The lowest BCUT2D eigenvalue weighted by Crippen LogP contribution is -2.28. The van der Waals surface area contributed by atoms with E-state index in [4.69, 9.17) is 19.2 Å². The third-order valence-corrected chi connectivity index (χ3v) is 8.87. The van der Waals surface area contributed by atoms with Gasteiger partial charge in [0.15, 0.2) is 11.3 Å². The predicted octanol–water partition coefficient (Wildman–Crippen LogP) is 10.6. The molecule has 0 N–H and O–H groups in total. The van der Waals surface area contributed by atoms with Crippen LogP contribution in [0.25, 0.3) is 76.8 Å². The van der Waals surface area contributed by atoms with Crippen molar-refractivity contribution in [3.05, 3.63) is 140 Å². The standard InChI is InChI=1S/C40H23N3O2/c1-2-13-25(14-3-1)37-29-18-8-10-20-31(29)41-40(42-37)43-38-36(35-26-15-5-4-12-24(26)22-23-33(35)45-43)28-17-7-6-16-27(28)34-30-19-9-11-21-32(30)44-39(34)38/h1-23H. The molecule has 5 nitrogen and oxygen atoms in total. The highest BCUT2D eigenvalue weighted by Crippen LogP contribution is 2.55. The van der Waals surface area contributed by atoms with E-state index in [-0.39, 0.29) is 0 Å². The van der Waals surface area contributed by atoms with Gasteiger partial charge in [-0.2, -0.15) is 0 Å². The third-order valence-electron chi connectivity index (χ3n) is 8.87. The smallest absolute Gasteiger partial charge is 0.265 e. The van der Waals surface area contributed by atoms with Crippen LogP contribution in [0.15, 0.2) is 144 Å². The van der Waals surface area contributed by atoms with Crippen molar-refractivity contribution >= 4 is 66.0 Å². The van der Waals surface area contributed by atoms with Crippen LogP contribution in [0.4, 0.5) is 11.6 Å². The number of hydrogen-bond acceptors (Lipinski definition) is 5. The van der Waals surface area contributed by atoms with Crippen LogP contribution in [0.1, 0.15) is 0 Å². The number of rotatable bonds is 2. The highest BCUT2D eigenvalue weighted by molar-refractivity contribution is 6.29. The summed E-state index contributed by atoms with van der Waals surface area (Å²) in [6, 6.07) is 47.7. The van der Waals surface area contributed by atoms with Gasteiger partial charge in [0.2, 0.25) is 0 Å². The number of furan rings is 1. The van der Waals surface area contributed by atoms with Crippen molar-refractivity contribution in [1.29, 1.82) is 0 Å². The zero-order valence-electron chi connectivity index (χ0n) is 23.9. The van der Waals surface area contributed by atoms with E-state index in [1.54, 1.807) is 5.06 Å². The van der Waals surface area contributed by atoms with Gasteiger partial charge in [-0.25, -0.2) is 9.97 Å². The fraction of sp³-hybridized carbons (Fsp3) is 0. The minimum Gasteiger partial charge on any atom is -0.454 e. The Morgan fingerprint density at radius 3 is 2.07 bits per heavy atom. The average Bonchev–Trinajstić information content (AvgIpc) is 3.51. The Labute approximate surface area is 257 Å². The van der Waals surface area contributed by atoms with Crippen LogP contribution in [-0.4, -0.2) is 9.97 Å². The van der Waals surface area contributed by atoms with Crippen molar-refractivity contribution in [2.24, 2.45) is 0 Å². The van der Waals surface area contributed by atoms with E-state index in [2.05, 4.69) is 84.9 Å². The van der Waals surface area contributed by atoms with Gasteiger partial charge in [-0.05, 0) is 39.7 Å². The third kappa shape index (κ3) is 3.43. The van der Waals surface area contributed by atoms with Gasteiger partial charge in [-0.15, -0.1) is 5.06 Å². The Bertz CT molecular complexity index is 2640. The quantitative estimate of drug-likeness (QED) is 0.205. The Kier molecular flexibility index (Phi) is 4.93. The first-order valence-corrected chi connectivity index (χ1v) is 15.0. The minimum absolute atomic E-state index is 0.435. The SMILES string of the molecule is c1ccc(-c2nc(N3Oc4ccc5ccccc5c4-c4c3c3oc5ccccc5c3c3ccccc43)nc3ccccc23)cc1. The molecule has 1 aliphatic heterocycles. The minimum atomic E-state index is 0.435. The van der Waals surface area contributed by atoms with Gasteiger partial charge >= 0.3 is 0 Å². The number of nitrogens with zero attached hydrogens (tertiary/aromatic N) is 3. The molecule has 0 fully saturated rings. The second-order valence-corrected chi connectivity index (χ2v) is 11.4. The van der Waals surface area contributed by atoms with Crippen LogP contribution in [0.2, 0.25) is 0 Å². The normalized spacial score (nSPS) is 12.6. The zero-order valence-corrected chi connectivity index (χ0v) is 23.9. The molecule has 0 atom stereocenters. The Hall–Kier alpha value is -6.20. The summed E-state index contributed by atoms with van der Waals surface area (Å²) < 4.78 is 6.76. The molecule has 5 heteroatoms. The van der Waals surface area contributed by atoms with Crippen molar-refractivity contribution in [1.82, 2.24) is 9.97 Å². The van der Waals surface area contributed by atoms with Crippen molar-refractivity contribution in [3.8, 4) is 28.1 Å². The molecule has 0 unspecified atom stereocenters. The zero-order chi connectivity index (χ0) is 29.5. The van der Waals surface area contributed by atoms with E-state index < -0.39 is 0 Å². The van der Waals surface area contributed by atoms with Crippen molar-refractivity contribution < 1.29 is 9.25 Å². The molecule has 3 heterocycles. The molecular formula is C40H23N3O2. The van der Waals surface area contributed by atoms with Crippen molar-refractivity contribution in [2.45, 2.75) is 0 Å². The molecule has 0 aliphatic carbocycles. The maximum atomic E-state index is 6.89. The van der Waals surface area contributed by atoms with Crippen LogP contribution in [-0.2, 0) is 0 Å². The molecule has 0 saturated heterocycles. The molecule has 10 rings (SSSR count). The Morgan fingerprint density at radius 2 is 1.20 bits per heavy atom. The van der Waals surface area contributed by atoms with Crippen molar-refractivity contribution in [3.63, 3.8) is 0 Å². The summed E-state index contributed by atoms with van der Waals surface area (Å²) in [4.78, 5) is 17.2. The van der Waals surface area contributed by atoms with Gasteiger partial charge < -0.3 is 9.25 Å². The van der Waals surface area contributed by atoms with Gasteiger partial charge in [-0.3, -0.25) is 0 Å². The molecule has 0 spiro atoms. The lowest BCUT2D eigenvalue weighted by atomic mass is 9.89. The molecule has 7 aromatic carbocycles. The molecule has 45 heavy (non-hydrogen) atoms. The van der Waals surface area contributed by atoms with Gasteiger partial charge in [0.1, 0.15) is 11.3 Å². The number of benzene rings is 7. The first kappa shape index (κ1) is 24.3. The molecular weight excluding hydrogens is 554 g/mol. The number of hydrogen-bond donors (Lipinski definition) is 0. The Morgan fingerprint density at radius 1 is 0.511 bits per heavy atom. The first-order valence-electron chi connectivity index (χ1n) is 15.0. The van der Waals surface area contributed by atoms with Crippen LogP contribution < -0.4 is 9.90 Å². The lowest BCUT2D eigenvalue weighted by Gasteiger charge is -2.32. The number of fused-ring (bicyclic) bond motifs is 13. The maximum absolute atomic E-state index is 6.89. The predicted molar refractivity (Wildman–Crippen MR) is 182 cm³/mol. The van der Waals surface area contributed by atoms with Crippen LogP contribution in [0.5, 0.6) is 5.75 Å². The van der Waals surface area contributed by atoms with E-state index in [9.17, 15) is 0 Å².